The number of rotatable bonds is 3. The predicted molar refractivity (Wildman–Crippen MR) is 62.8 cm³/mol. The molecule has 100 valence electrons. The first-order valence-corrected chi connectivity index (χ1v) is 7.60. The highest BCUT2D eigenvalue weighted by Gasteiger charge is 2.36. The molecular formula is C11H15NO5S. The number of carbonyl (C=O) groups is 1. The summed E-state index contributed by atoms with van der Waals surface area (Å²) in [5.41, 5.74) is -0.0210. The van der Waals surface area contributed by atoms with Crippen LogP contribution in [0.2, 0.25) is 0 Å². The van der Waals surface area contributed by atoms with Crippen LogP contribution in [-0.4, -0.2) is 31.7 Å². The van der Waals surface area contributed by atoms with Crippen molar-refractivity contribution < 1.29 is 22.4 Å². The van der Waals surface area contributed by atoms with Crippen LogP contribution in [-0.2, 0) is 14.6 Å². The number of hydrogen-bond acceptors (Lipinski definition) is 6. The van der Waals surface area contributed by atoms with Crippen molar-refractivity contribution in [3.8, 4) is 0 Å². The Bertz CT molecular complexity index is 533. The number of hydrogen-bond donors (Lipinski definition) is 0. The average molecular weight is 273 g/mol. The van der Waals surface area contributed by atoms with E-state index in [1.807, 2.05) is 0 Å². The normalized spacial score (nSPS) is 22.6. The van der Waals surface area contributed by atoms with Gasteiger partial charge < -0.3 is 9.15 Å². The minimum atomic E-state index is -3.26. The van der Waals surface area contributed by atoms with Crippen LogP contribution >= 0.6 is 0 Å². The summed E-state index contributed by atoms with van der Waals surface area (Å²) < 4.78 is 33.9. The van der Waals surface area contributed by atoms with Crippen LogP contribution in [0.1, 0.15) is 47.7 Å². The van der Waals surface area contributed by atoms with E-state index in [9.17, 15) is 13.2 Å². The molecule has 0 radical (unpaired) electrons. The molecule has 6 nitrogen and oxygen atoms in total. The maximum absolute atomic E-state index is 12.0. The van der Waals surface area contributed by atoms with Gasteiger partial charge >= 0.3 is 5.97 Å². The summed E-state index contributed by atoms with van der Waals surface area (Å²) in [7, 11) is -3.26. The molecule has 0 N–H and O–H groups in total. The lowest BCUT2D eigenvalue weighted by atomic mass is 10.1. The molecule has 18 heavy (non-hydrogen) atoms. The van der Waals surface area contributed by atoms with Crippen molar-refractivity contribution in [1.82, 2.24) is 4.98 Å². The van der Waals surface area contributed by atoms with Crippen molar-refractivity contribution in [3.05, 3.63) is 17.8 Å². The molecule has 1 atom stereocenters. The Kier molecular flexibility index (Phi) is 3.70. The molecule has 1 aromatic rings. The van der Waals surface area contributed by atoms with Gasteiger partial charge in [-0.2, -0.15) is 0 Å². The molecule has 1 aliphatic rings. The summed E-state index contributed by atoms with van der Waals surface area (Å²) in [5.74, 6) is -0.393. The Morgan fingerprint density at radius 2 is 2.33 bits per heavy atom. The number of aromatic nitrogens is 1. The lowest BCUT2D eigenvalue weighted by Gasteiger charge is -2.20. The number of ether oxygens (including phenoxy) is 1. The highest BCUT2D eigenvalue weighted by atomic mass is 32.2. The first-order chi connectivity index (χ1) is 8.56. The van der Waals surface area contributed by atoms with Gasteiger partial charge in [0.25, 0.3) is 0 Å². The van der Waals surface area contributed by atoms with E-state index in [1.54, 1.807) is 6.92 Å². The third-order valence-corrected chi connectivity index (χ3v) is 5.11. The molecule has 2 rings (SSSR count). The van der Waals surface area contributed by atoms with Gasteiger partial charge in [-0.1, -0.05) is 6.42 Å². The van der Waals surface area contributed by atoms with Gasteiger partial charge in [0.2, 0.25) is 0 Å². The molecule has 1 aromatic heterocycles. The van der Waals surface area contributed by atoms with Crippen LogP contribution in [0.4, 0.5) is 0 Å². The Labute approximate surface area is 105 Å². The Balaban J connectivity index is 2.34. The van der Waals surface area contributed by atoms with E-state index >= 15 is 0 Å². The largest absolute Gasteiger partial charge is 0.461 e. The molecule has 1 saturated heterocycles. The first-order valence-electron chi connectivity index (χ1n) is 5.88. The highest BCUT2D eigenvalue weighted by Crippen LogP contribution is 2.35. The molecule has 0 aromatic carbocycles. The third kappa shape index (κ3) is 2.40. The molecule has 0 bridgehead atoms. The van der Waals surface area contributed by atoms with Gasteiger partial charge in [-0.25, -0.2) is 18.2 Å². The topological polar surface area (TPSA) is 86.5 Å². The van der Waals surface area contributed by atoms with Gasteiger partial charge in [-0.3, -0.25) is 0 Å². The van der Waals surface area contributed by atoms with E-state index in [2.05, 4.69) is 4.98 Å². The number of carbonyl (C=O) groups excluding carboxylic acids is 1. The zero-order valence-electron chi connectivity index (χ0n) is 10.1. The van der Waals surface area contributed by atoms with Crippen LogP contribution in [0.15, 0.2) is 10.8 Å². The van der Waals surface area contributed by atoms with Crippen molar-refractivity contribution >= 4 is 15.8 Å². The Morgan fingerprint density at radius 1 is 1.56 bits per heavy atom. The minimum Gasteiger partial charge on any atom is -0.461 e. The molecule has 2 heterocycles. The molecule has 1 aliphatic heterocycles. The van der Waals surface area contributed by atoms with Crippen molar-refractivity contribution in [1.29, 1.82) is 0 Å². The van der Waals surface area contributed by atoms with Gasteiger partial charge in [0.1, 0.15) is 5.25 Å². The summed E-state index contributed by atoms with van der Waals surface area (Å²) in [6.07, 6.45) is 3.00. The molecule has 0 spiro atoms. The first kappa shape index (κ1) is 13.1. The summed E-state index contributed by atoms with van der Waals surface area (Å²) in [6, 6.07) is 0. The van der Waals surface area contributed by atoms with Crippen molar-refractivity contribution in [2.24, 2.45) is 0 Å². The molecule has 1 unspecified atom stereocenters. The second-order valence-electron chi connectivity index (χ2n) is 4.14. The van der Waals surface area contributed by atoms with E-state index in [0.29, 0.717) is 12.8 Å². The van der Waals surface area contributed by atoms with Gasteiger partial charge in [0.15, 0.2) is 27.7 Å². The van der Waals surface area contributed by atoms with Crippen LogP contribution in [0.5, 0.6) is 0 Å². The summed E-state index contributed by atoms with van der Waals surface area (Å²) >= 11 is 0. The SMILES string of the molecule is CCOC(=O)c1ncoc1C1CCCCS1(=O)=O. The molecule has 0 amide bonds. The second kappa shape index (κ2) is 5.09. The number of nitrogens with zero attached hydrogens (tertiary/aromatic N) is 1. The van der Waals surface area contributed by atoms with Gasteiger partial charge in [-0.05, 0) is 19.8 Å². The Morgan fingerprint density at radius 3 is 3.00 bits per heavy atom. The second-order valence-corrected chi connectivity index (χ2v) is 6.44. The summed E-state index contributed by atoms with van der Waals surface area (Å²) in [6.45, 7) is 1.89. The monoisotopic (exact) mass is 273 g/mol. The fourth-order valence-electron chi connectivity index (χ4n) is 2.09. The summed E-state index contributed by atoms with van der Waals surface area (Å²) in [4.78, 5) is 15.4. The smallest absolute Gasteiger partial charge is 0.360 e. The average Bonchev–Trinajstić information content (AvgIpc) is 2.77. The van der Waals surface area contributed by atoms with Gasteiger partial charge in [-0.15, -0.1) is 0 Å². The fourth-order valence-corrected chi connectivity index (χ4v) is 4.00. The van der Waals surface area contributed by atoms with E-state index in [4.69, 9.17) is 9.15 Å². The minimum absolute atomic E-state index is 0.0210. The standard InChI is InChI=1S/C11H15NO5S/c1-2-16-11(13)9-10(17-7-12-9)8-5-3-4-6-18(8,14)15/h7-8H,2-6H2,1H3. The van der Waals surface area contributed by atoms with E-state index in [-0.39, 0.29) is 23.8 Å². The van der Waals surface area contributed by atoms with Crippen LogP contribution in [0.25, 0.3) is 0 Å². The maximum Gasteiger partial charge on any atom is 0.360 e. The summed E-state index contributed by atoms with van der Waals surface area (Å²) in [5, 5.41) is -0.770. The quantitative estimate of drug-likeness (QED) is 0.775. The molecular weight excluding hydrogens is 258 g/mol. The third-order valence-electron chi connectivity index (χ3n) is 2.93. The molecule has 0 saturated carbocycles. The molecule has 7 heteroatoms. The lowest BCUT2D eigenvalue weighted by Crippen LogP contribution is -2.23. The van der Waals surface area contributed by atoms with Crippen LogP contribution in [0.3, 0.4) is 0 Å². The van der Waals surface area contributed by atoms with Crippen molar-refractivity contribution in [3.63, 3.8) is 0 Å². The zero-order valence-corrected chi connectivity index (χ0v) is 10.9. The van der Waals surface area contributed by atoms with Crippen molar-refractivity contribution in [2.45, 2.75) is 31.4 Å². The van der Waals surface area contributed by atoms with E-state index in [1.165, 1.54) is 0 Å². The van der Waals surface area contributed by atoms with Gasteiger partial charge in [0, 0.05) is 0 Å². The molecule has 0 aliphatic carbocycles. The number of esters is 1. The fraction of sp³-hybridized carbons (Fsp3) is 0.636. The van der Waals surface area contributed by atoms with Crippen molar-refractivity contribution in [2.75, 3.05) is 12.4 Å². The van der Waals surface area contributed by atoms with Crippen LogP contribution in [0, 0.1) is 0 Å². The highest BCUT2D eigenvalue weighted by molar-refractivity contribution is 7.91. The van der Waals surface area contributed by atoms with Gasteiger partial charge in [0.05, 0.1) is 12.4 Å². The Hall–Kier alpha value is -1.37. The number of sulfone groups is 1. The van der Waals surface area contributed by atoms with E-state index < -0.39 is 21.1 Å². The van der Waals surface area contributed by atoms with Crippen LogP contribution < -0.4 is 0 Å². The maximum atomic E-state index is 12.0. The zero-order chi connectivity index (χ0) is 13.2. The van der Waals surface area contributed by atoms with E-state index in [0.717, 1.165) is 12.8 Å². The molecule has 1 fully saturated rings. The number of oxazole rings is 1. The lowest BCUT2D eigenvalue weighted by molar-refractivity contribution is 0.0517. The predicted octanol–water partition coefficient (Wildman–Crippen LogP) is 1.49.